The number of rotatable bonds is 5. The topological polar surface area (TPSA) is 52.9 Å². The summed E-state index contributed by atoms with van der Waals surface area (Å²) in [4.78, 5) is 14.8. The van der Waals surface area contributed by atoms with Crippen molar-refractivity contribution in [2.45, 2.75) is 51.3 Å². The lowest BCUT2D eigenvalue weighted by atomic mass is 9.72. The molecule has 0 radical (unpaired) electrons. The number of carbonyl (C=O) groups excluding carboxylic acids is 1. The zero-order valence-electron chi connectivity index (χ0n) is 16.5. The van der Waals surface area contributed by atoms with Crippen molar-refractivity contribution in [2.75, 3.05) is 11.1 Å². The van der Waals surface area contributed by atoms with Gasteiger partial charge in [-0.2, -0.15) is 5.26 Å². The van der Waals surface area contributed by atoms with Crippen LogP contribution in [-0.2, 0) is 17.6 Å². The first kappa shape index (κ1) is 21.2. The molecule has 1 aromatic carbocycles. The number of amides is 1. The van der Waals surface area contributed by atoms with Crippen LogP contribution in [0.2, 0.25) is 5.02 Å². The maximum atomic E-state index is 12.4. The number of fused-ring (bicyclic) bond motifs is 1. The Labute approximate surface area is 180 Å². The molecule has 0 spiro atoms. The molecule has 1 aliphatic rings. The lowest BCUT2D eigenvalue weighted by molar-refractivity contribution is -0.115. The number of carbonyl (C=O) groups is 1. The first-order chi connectivity index (χ1) is 13.3. The molecule has 0 fully saturated rings. The van der Waals surface area contributed by atoms with Crippen LogP contribution in [0.1, 0.15) is 49.6 Å². The summed E-state index contributed by atoms with van der Waals surface area (Å²) in [6.07, 6.45) is 3.44. The van der Waals surface area contributed by atoms with Crippen LogP contribution in [0, 0.1) is 22.7 Å². The Morgan fingerprint density at radius 2 is 2.07 bits per heavy atom. The van der Waals surface area contributed by atoms with Gasteiger partial charge in [-0.05, 0) is 60.4 Å². The Bertz CT molecular complexity index is 891. The molecule has 1 N–H and O–H groups in total. The van der Waals surface area contributed by atoms with Crippen molar-refractivity contribution >= 4 is 45.6 Å². The van der Waals surface area contributed by atoms with Crippen LogP contribution in [0.3, 0.4) is 0 Å². The van der Waals surface area contributed by atoms with Crippen LogP contribution in [0.15, 0.2) is 29.2 Å². The minimum absolute atomic E-state index is 0.0380. The third kappa shape index (κ3) is 5.11. The number of nitrogens with one attached hydrogen (secondary N) is 1. The second-order valence-electron chi connectivity index (χ2n) is 8.23. The molecule has 0 aliphatic heterocycles. The van der Waals surface area contributed by atoms with E-state index in [0.29, 0.717) is 28.7 Å². The van der Waals surface area contributed by atoms with E-state index in [9.17, 15) is 10.1 Å². The lowest BCUT2D eigenvalue weighted by Gasteiger charge is -2.33. The molecule has 0 saturated heterocycles. The molecule has 28 heavy (non-hydrogen) atoms. The SMILES string of the molecule is CC(C)(C)C1CCc2c(sc(NC(=O)CCSc3ccc(Cl)cc3)c2C#N)C1. The van der Waals surface area contributed by atoms with Gasteiger partial charge in [-0.15, -0.1) is 23.1 Å². The Kier molecular flexibility index (Phi) is 6.75. The Balaban J connectivity index is 1.61. The van der Waals surface area contributed by atoms with Crippen LogP contribution in [-0.4, -0.2) is 11.7 Å². The number of nitriles is 1. The van der Waals surface area contributed by atoms with Gasteiger partial charge in [-0.3, -0.25) is 4.79 Å². The van der Waals surface area contributed by atoms with Gasteiger partial charge >= 0.3 is 0 Å². The first-order valence-electron chi connectivity index (χ1n) is 9.50. The van der Waals surface area contributed by atoms with E-state index in [2.05, 4.69) is 32.2 Å². The molecule has 0 bridgehead atoms. The molecule has 1 heterocycles. The summed E-state index contributed by atoms with van der Waals surface area (Å²) in [6, 6.07) is 9.94. The van der Waals surface area contributed by atoms with E-state index >= 15 is 0 Å². The van der Waals surface area contributed by atoms with E-state index in [0.717, 1.165) is 34.7 Å². The van der Waals surface area contributed by atoms with Crippen LogP contribution < -0.4 is 5.32 Å². The second-order valence-corrected chi connectivity index (χ2v) is 10.9. The third-order valence-corrected chi connectivity index (χ3v) is 7.70. The van der Waals surface area contributed by atoms with E-state index in [-0.39, 0.29) is 11.3 Å². The Morgan fingerprint density at radius 1 is 1.36 bits per heavy atom. The average molecular weight is 433 g/mol. The summed E-state index contributed by atoms with van der Waals surface area (Å²) in [5.74, 6) is 1.26. The van der Waals surface area contributed by atoms with E-state index in [4.69, 9.17) is 11.6 Å². The number of hydrogen-bond donors (Lipinski definition) is 1. The fourth-order valence-electron chi connectivity index (χ4n) is 3.51. The number of benzene rings is 1. The minimum atomic E-state index is -0.0380. The van der Waals surface area contributed by atoms with Gasteiger partial charge in [0, 0.05) is 27.0 Å². The van der Waals surface area contributed by atoms with Gasteiger partial charge in [0.2, 0.25) is 5.91 Å². The standard InChI is InChI=1S/C22H25ClN2OS2/c1-22(2,3)14-4-9-17-18(13-24)21(28-19(17)12-14)25-20(26)10-11-27-16-7-5-15(23)6-8-16/h5-8,14H,4,9-12H2,1-3H3,(H,25,26). The lowest BCUT2D eigenvalue weighted by Crippen LogP contribution is -2.26. The second kappa shape index (κ2) is 8.90. The van der Waals surface area contributed by atoms with Gasteiger partial charge in [-0.1, -0.05) is 32.4 Å². The van der Waals surface area contributed by atoms with E-state index < -0.39 is 0 Å². The highest BCUT2D eigenvalue weighted by molar-refractivity contribution is 7.99. The van der Waals surface area contributed by atoms with Crippen LogP contribution >= 0.6 is 34.7 Å². The molecule has 2 aromatic rings. The van der Waals surface area contributed by atoms with Crippen molar-refractivity contribution < 1.29 is 4.79 Å². The van der Waals surface area contributed by atoms with Crippen molar-refractivity contribution in [3.8, 4) is 6.07 Å². The predicted molar refractivity (Wildman–Crippen MR) is 119 cm³/mol. The van der Waals surface area contributed by atoms with Gasteiger partial charge in [0.25, 0.3) is 0 Å². The predicted octanol–water partition coefficient (Wildman–Crippen LogP) is 6.55. The quantitative estimate of drug-likeness (QED) is 0.545. The molecule has 3 rings (SSSR count). The summed E-state index contributed by atoms with van der Waals surface area (Å²) in [5, 5.41) is 14.1. The van der Waals surface area contributed by atoms with Crippen molar-refractivity contribution in [1.82, 2.24) is 0 Å². The number of nitrogens with zero attached hydrogens (tertiary/aromatic N) is 1. The molecule has 6 heteroatoms. The van der Waals surface area contributed by atoms with Crippen LogP contribution in [0.25, 0.3) is 0 Å². The fraction of sp³-hybridized carbons (Fsp3) is 0.455. The van der Waals surface area contributed by atoms with Gasteiger partial charge < -0.3 is 5.32 Å². The smallest absolute Gasteiger partial charge is 0.225 e. The average Bonchev–Trinajstić information content (AvgIpc) is 2.98. The summed E-state index contributed by atoms with van der Waals surface area (Å²) < 4.78 is 0. The molecule has 1 aromatic heterocycles. The summed E-state index contributed by atoms with van der Waals surface area (Å²) in [6.45, 7) is 6.84. The molecule has 1 unspecified atom stereocenters. The van der Waals surface area contributed by atoms with Gasteiger partial charge in [0.05, 0.1) is 5.56 Å². The number of anilines is 1. The van der Waals surface area contributed by atoms with Crippen LogP contribution in [0.4, 0.5) is 5.00 Å². The zero-order chi connectivity index (χ0) is 20.3. The maximum absolute atomic E-state index is 12.4. The summed E-state index contributed by atoms with van der Waals surface area (Å²) in [5.41, 5.74) is 2.08. The number of hydrogen-bond acceptors (Lipinski definition) is 4. The van der Waals surface area contributed by atoms with Crippen molar-refractivity contribution in [3.63, 3.8) is 0 Å². The third-order valence-electron chi connectivity index (χ3n) is 5.27. The highest BCUT2D eigenvalue weighted by atomic mass is 35.5. The largest absolute Gasteiger partial charge is 0.317 e. The molecule has 1 atom stereocenters. The monoisotopic (exact) mass is 432 g/mol. The molecule has 1 aliphatic carbocycles. The highest BCUT2D eigenvalue weighted by Crippen LogP contribution is 2.44. The zero-order valence-corrected chi connectivity index (χ0v) is 18.9. The fourth-order valence-corrected chi connectivity index (χ4v) is 5.78. The van der Waals surface area contributed by atoms with E-state index in [1.54, 1.807) is 23.1 Å². The van der Waals surface area contributed by atoms with Crippen molar-refractivity contribution in [2.24, 2.45) is 11.3 Å². The Morgan fingerprint density at radius 3 is 2.71 bits per heavy atom. The molecular formula is C22H25ClN2OS2. The maximum Gasteiger partial charge on any atom is 0.225 e. The van der Waals surface area contributed by atoms with E-state index in [1.165, 1.54) is 4.88 Å². The Hall–Kier alpha value is -1.48. The van der Waals surface area contributed by atoms with Gasteiger partial charge in [0.1, 0.15) is 11.1 Å². The normalized spacial score (nSPS) is 16.3. The number of thiophene rings is 1. The van der Waals surface area contributed by atoms with Gasteiger partial charge in [-0.25, -0.2) is 0 Å². The van der Waals surface area contributed by atoms with Gasteiger partial charge in [0.15, 0.2) is 0 Å². The van der Waals surface area contributed by atoms with Crippen molar-refractivity contribution in [3.05, 3.63) is 45.3 Å². The number of thioether (sulfide) groups is 1. The van der Waals surface area contributed by atoms with Crippen molar-refractivity contribution in [1.29, 1.82) is 5.26 Å². The molecule has 1 amide bonds. The molecule has 3 nitrogen and oxygen atoms in total. The van der Waals surface area contributed by atoms with Crippen LogP contribution in [0.5, 0.6) is 0 Å². The number of halogens is 1. The molecule has 148 valence electrons. The molecular weight excluding hydrogens is 408 g/mol. The highest BCUT2D eigenvalue weighted by Gasteiger charge is 2.32. The van der Waals surface area contributed by atoms with E-state index in [1.807, 2.05) is 24.3 Å². The molecule has 0 saturated carbocycles. The summed E-state index contributed by atoms with van der Waals surface area (Å²) >= 11 is 9.11. The first-order valence-corrected chi connectivity index (χ1v) is 11.7. The summed E-state index contributed by atoms with van der Waals surface area (Å²) in [7, 11) is 0. The minimum Gasteiger partial charge on any atom is -0.317 e.